The van der Waals surface area contributed by atoms with Crippen LogP contribution in [0.25, 0.3) is 0 Å². The van der Waals surface area contributed by atoms with Crippen molar-refractivity contribution in [2.75, 3.05) is 170 Å². The van der Waals surface area contributed by atoms with Gasteiger partial charge in [-0.15, -0.1) is 0 Å². The van der Waals surface area contributed by atoms with Gasteiger partial charge >= 0.3 is 30.3 Å². The van der Waals surface area contributed by atoms with Gasteiger partial charge in [-0.1, -0.05) is 11.6 Å². The molecule has 0 bridgehead atoms. The number of carbonyl (C=O) groups is 5. The van der Waals surface area contributed by atoms with E-state index >= 15 is 0 Å². The van der Waals surface area contributed by atoms with Crippen LogP contribution in [-0.2, 0) is 9.47 Å². The van der Waals surface area contributed by atoms with Crippen molar-refractivity contribution in [2.45, 2.75) is 129 Å². The Kier molecular flexibility index (Phi) is 31.5. The number of likely N-dealkylation sites (N-methyl/N-ethyl adjacent to an activating group) is 3. The summed E-state index contributed by atoms with van der Waals surface area (Å²) in [5.74, 6) is 5.03. The number of nitrogen functional groups attached to an aromatic ring is 1. The van der Waals surface area contributed by atoms with Gasteiger partial charge in [0.25, 0.3) is 0 Å². The molecular formula is C79H107ClN24O10. The summed E-state index contributed by atoms with van der Waals surface area (Å²) in [5.41, 5.74) is 12.9. The van der Waals surface area contributed by atoms with Crippen LogP contribution in [0.5, 0.6) is 17.2 Å². The van der Waals surface area contributed by atoms with E-state index in [9.17, 15) is 34.5 Å². The molecule has 34 nitrogen and oxygen atoms in total. The molecule has 8 N–H and O–H groups in total. The minimum atomic E-state index is -0.527. The van der Waals surface area contributed by atoms with Gasteiger partial charge in [-0.25, -0.2) is 53.9 Å². The number of nitrogens with two attached hydrogens (primary N) is 2. The highest BCUT2D eigenvalue weighted by atomic mass is 35.5. The maximum absolute atomic E-state index is 12.5. The number of anilines is 8. The first-order valence-corrected chi connectivity index (χ1v) is 38.9. The standard InChI is InChI=1S/C28H38N8O4.C23H30N8O2.C14H17ClN6O.C14H22N2O3/c1-28(2,3)40-26(37)30-12-6-16-39-22-10-8-20(9-11-22)32-25-23(17-29)31-18-24(33-25)35-13-5-7-21(19-35)36-15-14-34(4)27(36)38;1-29-11-12-31(23(29)32)18-4-2-10-30(16-18)21-15-26-20(14-25)22(28-21)27-17-5-7-19(8-6-17)33-13-3-9-24;1-19-5-6-21(14(19)22)10-3-2-4-20(9-10)12-8-17-11(7-16)13(15)18-12;1-14(2,3)19-13(17)16-9-4-10-18-12-7-5-11(15)6-8-12/h8-11,18,21H,5-7,12-16,19H2,1-4H3,(H,30,37)(H,32,33);5-8,15,18H,2-4,9-13,16,24H2,1H3,(H,27,28);8,10H,2-6,9H2,1H3;5-8H,4,9-10,15H2,1-3H3,(H,16,17)/t21-;18-;10-;/m111./s1. The molecule has 0 spiro atoms. The van der Waals surface area contributed by atoms with Gasteiger partial charge in [0.2, 0.25) is 0 Å². The quantitative estimate of drug-likeness (QED) is 0.0242. The lowest BCUT2D eigenvalue weighted by atomic mass is 10.0. The van der Waals surface area contributed by atoms with Crippen LogP contribution in [-0.4, -0.2) is 258 Å². The van der Waals surface area contributed by atoms with Crippen molar-refractivity contribution in [3.63, 3.8) is 0 Å². The number of alkyl carbamates (subject to hydrolysis) is 2. The number of carbonyl (C=O) groups excluding carboxylic acids is 5. The number of nitrogens with one attached hydrogen (secondary N) is 4. The average molecular weight is 1590 g/mol. The van der Waals surface area contributed by atoms with Crippen LogP contribution >= 0.6 is 11.6 Å². The summed E-state index contributed by atoms with van der Waals surface area (Å²) in [6, 6.07) is 28.8. The van der Waals surface area contributed by atoms with Crippen LogP contribution in [0, 0.1) is 34.0 Å². The molecule has 6 fully saturated rings. The zero-order valence-electron chi connectivity index (χ0n) is 66.6. The summed E-state index contributed by atoms with van der Waals surface area (Å²) in [4.78, 5) is 104. The van der Waals surface area contributed by atoms with Crippen LogP contribution in [0.3, 0.4) is 0 Å². The molecule has 114 heavy (non-hydrogen) atoms. The molecule has 3 aromatic heterocycles. The molecule has 0 saturated carbocycles. The van der Waals surface area contributed by atoms with Gasteiger partial charge in [-0.3, -0.25) is 0 Å². The van der Waals surface area contributed by atoms with E-state index in [-0.39, 0.29) is 58.5 Å². The second-order valence-electron chi connectivity index (χ2n) is 30.1. The van der Waals surface area contributed by atoms with E-state index in [2.05, 4.69) is 68.0 Å². The first-order valence-electron chi connectivity index (χ1n) is 38.6. The van der Waals surface area contributed by atoms with Crippen LogP contribution in [0.4, 0.5) is 70.1 Å². The molecule has 6 aliphatic heterocycles. The Hall–Kier alpha value is -11.8. The van der Waals surface area contributed by atoms with Gasteiger partial charge in [0, 0.05) is 130 Å². The molecule has 6 aliphatic rings. The summed E-state index contributed by atoms with van der Waals surface area (Å²) >= 11 is 5.96. The first-order chi connectivity index (χ1) is 54.7. The number of urea groups is 3. The van der Waals surface area contributed by atoms with Crippen molar-refractivity contribution in [1.82, 2.24) is 69.9 Å². The number of piperidine rings is 3. The highest BCUT2D eigenvalue weighted by Crippen LogP contribution is 2.31. The van der Waals surface area contributed by atoms with Gasteiger partial charge in [0.05, 0.1) is 56.5 Å². The normalized spacial score (nSPS) is 17.5. The maximum Gasteiger partial charge on any atom is 0.407 e. The number of nitrogens with zero attached hydrogens (tertiary/aromatic N) is 18. The van der Waals surface area contributed by atoms with Crippen LogP contribution in [0.1, 0.15) is 116 Å². The third-order valence-electron chi connectivity index (χ3n) is 19.0. The van der Waals surface area contributed by atoms with Gasteiger partial charge in [0.15, 0.2) is 33.9 Å². The van der Waals surface area contributed by atoms with Crippen molar-refractivity contribution in [1.29, 1.82) is 15.8 Å². The fourth-order valence-corrected chi connectivity index (χ4v) is 13.4. The molecule has 8 amide bonds. The number of halogens is 1. The van der Waals surface area contributed by atoms with E-state index in [1.54, 1.807) is 45.4 Å². The SMILES string of the molecule is CC(C)(C)OC(=O)NCCCOc1ccc(N)cc1.CN1CCN([C@@H]2CCCN(c3cnc(C#N)c(Cl)n3)C2)C1=O.CN1CCN([C@@H]2CCCN(c3cnc(C#N)c(Nc4ccc(OCCCN)cc4)n3)C2)C1=O.CN1CCN([C@@H]2CCCN(c3cnc(C#N)c(Nc4ccc(OCCCNC(=O)OC(C)(C)C)cc4)n3)C2)C1=O. The summed E-state index contributed by atoms with van der Waals surface area (Å²) in [6.45, 7) is 23.2. The minimum Gasteiger partial charge on any atom is -0.494 e. The summed E-state index contributed by atoms with van der Waals surface area (Å²) in [5, 5.41) is 39.9. The van der Waals surface area contributed by atoms with Crippen molar-refractivity contribution >= 4 is 88.0 Å². The predicted molar refractivity (Wildman–Crippen MR) is 433 cm³/mol. The Bertz CT molecular complexity index is 4310. The largest absolute Gasteiger partial charge is 0.494 e. The monoisotopic (exact) mass is 1590 g/mol. The number of hydrogen-bond acceptors (Lipinski definition) is 26. The number of aromatic nitrogens is 6. The maximum atomic E-state index is 12.5. The van der Waals surface area contributed by atoms with Crippen molar-refractivity contribution in [3.05, 3.63) is 114 Å². The number of benzene rings is 3. The highest BCUT2D eigenvalue weighted by Gasteiger charge is 2.38. The first kappa shape index (κ1) is 86.2. The Morgan fingerprint density at radius 1 is 0.491 bits per heavy atom. The van der Waals surface area contributed by atoms with Crippen LogP contribution in [0.2, 0.25) is 5.15 Å². The molecule has 3 atom stereocenters. The number of amides is 8. The third-order valence-corrected chi connectivity index (χ3v) is 19.3. The highest BCUT2D eigenvalue weighted by molar-refractivity contribution is 6.30. The minimum absolute atomic E-state index is 0.0741. The molecule has 12 rings (SSSR count). The van der Waals surface area contributed by atoms with Gasteiger partial charge in [-0.2, -0.15) is 15.8 Å². The molecule has 9 heterocycles. The Morgan fingerprint density at radius 3 is 1.14 bits per heavy atom. The summed E-state index contributed by atoms with van der Waals surface area (Å²) in [6.07, 6.45) is 12.0. The van der Waals surface area contributed by atoms with Gasteiger partial charge in [-0.05, 0) is 179 Å². The Balaban J connectivity index is 0.000000181. The van der Waals surface area contributed by atoms with Crippen molar-refractivity contribution in [3.8, 4) is 35.5 Å². The molecule has 0 aliphatic carbocycles. The molecule has 0 unspecified atom stereocenters. The third kappa shape index (κ3) is 25.9. The van der Waals surface area contributed by atoms with Crippen molar-refractivity contribution in [2.24, 2.45) is 5.73 Å². The predicted octanol–water partition coefficient (Wildman–Crippen LogP) is 9.78. The summed E-state index contributed by atoms with van der Waals surface area (Å²) < 4.78 is 27.2. The molecule has 610 valence electrons. The fraction of sp³-hybridized carbons (Fsp3) is 0.519. The molecule has 6 aromatic rings. The van der Waals surface area contributed by atoms with Crippen LogP contribution < -0.4 is 61.6 Å². The number of ether oxygens (including phenoxy) is 5. The van der Waals surface area contributed by atoms with E-state index in [4.69, 9.17) is 62.0 Å². The fourth-order valence-electron chi connectivity index (χ4n) is 13.2. The van der Waals surface area contributed by atoms with E-state index in [1.807, 2.05) is 144 Å². The second kappa shape index (κ2) is 41.6. The lowest BCUT2D eigenvalue weighted by molar-refractivity contribution is 0.0513. The molecular weight excluding hydrogens is 1480 g/mol. The molecule has 6 saturated heterocycles. The summed E-state index contributed by atoms with van der Waals surface area (Å²) in [7, 11) is 5.50. The number of hydrogen-bond donors (Lipinski definition) is 6. The number of rotatable bonds is 24. The van der Waals surface area contributed by atoms with E-state index in [0.717, 1.165) is 133 Å². The Labute approximate surface area is 671 Å². The van der Waals surface area contributed by atoms with Gasteiger partial charge in [0.1, 0.15) is 64.1 Å². The molecule has 0 radical (unpaired) electrons. The molecule has 3 aromatic carbocycles. The Morgan fingerprint density at radius 2 is 0.825 bits per heavy atom. The second-order valence-corrected chi connectivity index (χ2v) is 30.5. The van der Waals surface area contributed by atoms with E-state index in [0.29, 0.717) is 106 Å². The lowest BCUT2D eigenvalue weighted by Crippen LogP contribution is -2.49. The van der Waals surface area contributed by atoms with E-state index < -0.39 is 23.4 Å². The number of nitriles is 3. The lowest BCUT2D eigenvalue weighted by Gasteiger charge is -2.37. The van der Waals surface area contributed by atoms with E-state index in [1.165, 1.54) is 0 Å². The zero-order valence-corrected chi connectivity index (χ0v) is 67.4. The topological polar surface area (TPSA) is 410 Å². The smallest absolute Gasteiger partial charge is 0.407 e. The van der Waals surface area contributed by atoms with Crippen LogP contribution in [0.15, 0.2) is 91.4 Å². The molecule has 35 heteroatoms. The zero-order chi connectivity index (χ0) is 81.9. The van der Waals surface area contributed by atoms with Gasteiger partial charge < -0.3 is 101 Å². The van der Waals surface area contributed by atoms with Crippen molar-refractivity contribution < 1.29 is 47.7 Å². The average Bonchev–Trinajstić information content (AvgIpc) is 1.47.